The Labute approximate surface area is 97.6 Å². The first-order valence-corrected chi connectivity index (χ1v) is 8.72. The lowest BCUT2D eigenvalue weighted by Crippen LogP contribution is -2.33. The van der Waals surface area contributed by atoms with Gasteiger partial charge in [0, 0.05) is 12.8 Å². The molecule has 0 heterocycles. The molecule has 0 saturated heterocycles. The van der Waals surface area contributed by atoms with Gasteiger partial charge in [0.2, 0.25) is 10.0 Å². The maximum atomic E-state index is 11.4. The third kappa shape index (κ3) is 9.08. The van der Waals surface area contributed by atoms with Crippen molar-refractivity contribution in [2.24, 2.45) is 11.7 Å². The average Bonchev–Trinajstić information content (AvgIpc) is 2.12. The monoisotopic (exact) mass is 272 g/mol. The summed E-state index contributed by atoms with van der Waals surface area (Å²) in [5, 5.41) is 0. The van der Waals surface area contributed by atoms with Crippen molar-refractivity contribution < 1.29 is 16.8 Å². The second kappa shape index (κ2) is 6.53. The van der Waals surface area contributed by atoms with Gasteiger partial charge in [-0.1, -0.05) is 6.92 Å². The van der Waals surface area contributed by atoms with E-state index in [1.807, 2.05) is 6.92 Å². The first-order valence-electron chi connectivity index (χ1n) is 5.01. The van der Waals surface area contributed by atoms with Crippen LogP contribution in [-0.2, 0) is 19.9 Å². The van der Waals surface area contributed by atoms with Gasteiger partial charge in [0.05, 0.1) is 11.5 Å². The molecule has 0 amide bonds. The molecular weight excluding hydrogens is 252 g/mol. The van der Waals surface area contributed by atoms with E-state index in [0.29, 0.717) is 13.1 Å². The minimum Gasteiger partial charge on any atom is -0.330 e. The van der Waals surface area contributed by atoms with Crippen LogP contribution in [-0.4, -0.2) is 47.7 Å². The maximum absolute atomic E-state index is 11.4. The summed E-state index contributed by atoms with van der Waals surface area (Å²) >= 11 is 0. The quantitative estimate of drug-likeness (QED) is 0.585. The van der Waals surface area contributed by atoms with Crippen LogP contribution < -0.4 is 10.5 Å². The summed E-state index contributed by atoms with van der Waals surface area (Å²) in [5.74, 6) is -0.590. The molecule has 0 radical (unpaired) electrons. The van der Waals surface area contributed by atoms with Gasteiger partial charge in [-0.05, 0) is 18.9 Å². The highest BCUT2D eigenvalue weighted by atomic mass is 32.2. The molecule has 0 saturated carbocycles. The highest BCUT2D eigenvalue weighted by Crippen LogP contribution is 1.99. The normalized spacial score (nSPS) is 14.9. The van der Waals surface area contributed by atoms with E-state index in [9.17, 15) is 16.8 Å². The third-order valence-corrected chi connectivity index (χ3v) is 4.59. The van der Waals surface area contributed by atoms with Gasteiger partial charge in [-0.15, -0.1) is 0 Å². The molecule has 3 N–H and O–H groups in total. The Morgan fingerprint density at radius 1 is 1.19 bits per heavy atom. The van der Waals surface area contributed by atoms with E-state index in [1.54, 1.807) is 0 Å². The first kappa shape index (κ1) is 15.8. The SMILES string of the molecule is CC(CCN)CNS(=O)(=O)CCS(C)(=O)=O. The Bertz CT molecular complexity index is 388. The Hall–Kier alpha value is -0.180. The molecule has 0 spiro atoms. The number of hydrogen-bond acceptors (Lipinski definition) is 5. The van der Waals surface area contributed by atoms with Crippen molar-refractivity contribution in [1.82, 2.24) is 4.72 Å². The van der Waals surface area contributed by atoms with Crippen molar-refractivity contribution in [3.8, 4) is 0 Å². The van der Waals surface area contributed by atoms with E-state index in [2.05, 4.69) is 4.72 Å². The Kier molecular flexibility index (Phi) is 6.46. The molecule has 0 aromatic carbocycles. The van der Waals surface area contributed by atoms with Gasteiger partial charge in [-0.25, -0.2) is 21.6 Å². The van der Waals surface area contributed by atoms with Crippen LogP contribution in [0.3, 0.4) is 0 Å². The van der Waals surface area contributed by atoms with E-state index >= 15 is 0 Å². The van der Waals surface area contributed by atoms with Crippen LogP contribution in [0.2, 0.25) is 0 Å². The summed E-state index contributed by atoms with van der Waals surface area (Å²) in [4.78, 5) is 0. The van der Waals surface area contributed by atoms with Crippen molar-refractivity contribution in [3.05, 3.63) is 0 Å². The van der Waals surface area contributed by atoms with Gasteiger partial charge in [-0.3, -0.25) is 0 Å². The molecule has 6 nitrogen and oxygen atoms in total. The van der Waals surface area contributed by atoms with Gasteiger partial charge in [0.1, 0.15) is 9.84 Å². The second-order valence-electron chi connectivity index (χ2n) is 3.98. The minimum atomic E-state index is -3.50. The fraction of sp³-hybridized carbons (Fsp3) is 1.00. The summed E-state index contributed by atoms with van der Waals surface area (Å²) in [6.07, 6.45) is 1.74. The lowest BCUT2D eigenvalue weighted by Gasteiger charge is -2.11. The zero-order valence-corrected chi connectivity index (χ0v) is 11.3. The predicted molar refractivity (Wildman–Crippen MR) is 64.3 cm³/mol. The van der Waals surface area contributed by atoms with E-state index in [0.717, 1.165) is 12.7 Å². The van der Waals surface area contributed by atoms with Crippen LogP contribution in [0.25, 0.3) is 0 Å². The lowest BCUT2D eigenvalue weighted by atomic mass is 10.1. The van der Waals surface area contributed by atoms with E-state index < -0.39 is 19.9 Å². The average molecular weight is 272 g/mol. The predicted octanol–water partition coefficient (Wildman–Crippen LogP) is -1.06. The van der Waals surface area contributed by atoms with Crippen LogP contribution in [0, 0.1) is 5.92 Å². The molecule has 1 unspecified atom stereocenters. The molecule has 0 aliphatic heterocycles. The largest absolute Gasteiger partial charge is 0.330 e. The smallest absolute Gasteiger partial charge is 0.212 e. The second-order valence-corrected chi connectivity index (χ2v) is 8.17. The Balaban J connectivity index is 4.07. The van der Waals surface area contributed by atoms with Crippen LogP contribution in [0.15, 0.2) is 0 Å². The number of sulfonamides is 1. The van der Waals surface area contributed by atoms with Gasteiger partial charge in [-0.2, -0.15) is 0 Å². The van der Waals surface area contributed by atoms with E-state index in [1.165, 1.54) is 0 Å². The molecule has 0 aromatic rings. The summed E-state index contributed by atoms with van der Waals surface area (Å²) in [6.45, 7) is 2.68. The number of hydrogen-bond donors (Lipinski definition) is 2. The zero-order chi connectivity index (χ0) is 12.8. The van der Waals surface area contributed by atoms with E-state index in [4.69, 9.17) is 5.73 Å². The number of sulfone groups is 1. The fourth-order valence-corrected chi connectivity index (χ4v) is 3.76. The first-order chi connectivity index (χ1) is 7.16. The summed E-state index contributed by atoms with van der Waals surface area (Å²) in [6, 6.07) is 0. The van der Waals surface area contributed by atoms with Gasteiger partial charge >= 0.3 is 0 Å². The lowest BCUT2D eigenvalue weighted by molar-refractivity contribution is 0.516. The highest BCUT2D eigenvalue weighted by Gasteiger charge is 2.14. The molecule has 0 aromatic heterocycles. The van der Waals surface area contributed by atoms with Gasteiger partial charge in [0.15, 0.2) is 0 Å². The van der Waals surface area contributed by atoms with Crippen LogP contribution >= 0.6 is 0 Å². The number of nitrogens with one attached hydrogen (secondary N) is 1. The highest BCUT2D eigenvalue weighted by molar-refractivity contribution is 7.93. The molecule has 1 atom stereocenters. The molecule has 98 valence electrons. The molecule has 8 heteroatoms. The molecule has 16 heavy (non-hydrogen) atoms. The summed E-state index contributed by atoms with van der Waals surface area (Å²) in [7, 11) is -6.74. The molecular formula is C8H20N2O4S2. The molecule has 0 fully saturated rings. The van der Waals surface area contributed by atoms with Crippen molar-refractivity contribution in [3.63, 3.8) is 0 Å². The van der Waals surface area contributed by atoms with E-state index in [-0.39, 0.29) is 17.4 Å². The van der Waals surface area contributed by atoms with Crippen LogP contribution in [0.5, 0.6) is 0 Å². The third-order valence-electron chi connectivity index (χ3n) is 2.03. The van der Waals surface area contributed by atoms with Gasteiger partial charge < -0.3 is 5.73 Å². The Morgan fingerprint density at radius 3 is 2.19 bits per heavy atom. The maximum Gasteiger partial charge on any atom is 0.212 e. The zero-order valence-electron chi connectivity index (χ0n) is 9.64. The van der Waals surface area contributed by atoms with Crippen molar-refractivity contribution in [2.45, 2.75) is 13.3 Å². The van der Waals surface area contributed by atoms with Crippen molar-refractivity contribution >= 4 is 19.9 Å². The minimum absolute atomic E-state index is 0.151. The molecule has 0 aliphatic carbocycles. The van der Waals surface area contributed by atoms with Crippen molar-refractivity contribution in [1.29, 1.82) is 0 Å². The van der Waals surface area contributed by atoms with Gasteiger partial charge in [0.25, 0.3) is 0 Å². The standard InChI is InChI=1S/C8H20N2O4S2/c1-8(3-4-9)7-10-16(13,14)6-5-15(2,11)12/h8,10H,3-7,9H2,1-2H3. The molecule has 0 bridgehead atoms. The number of nitrogens with two attached hydrogens (primary N) is 1. The molecule has 0 rings (SSSR count). The van der Waals surface area contributed by atoms with Crippen molar-refractivity contribution in [2.75, 3.05) is 30.9 Å². The molecule has 0 aliphatic rings. The fourth-order valence-electron chi connectivity index (χ4n) is 0.989. The number of rotatable bonds is 8. The topological polar surface area (TPSA) is 106 Å². The Morgan fingerprint density at radius 2 is 1.75 bits per heavy atom. The summed E-state index contributed by atoms with van der Waals surface area (Å²) in [5.41, 5.74) is 5.33. The van der Waals surface area contributed by atoms with Crippen LogP contribution in [0.1, 0.15) is 13.3 Å². The van der Waals surface area contributed by atoms with Crippen LogP contribution in [0.4, 0.5) is 0 Å². The summed E-state index contributed by atoms with van der Waals surface area (Å²) < 4.78 is 46.7.